The summed E-state index contributed by atoms with van der Waals surface area (Å²) in [5.41, 5.74) is 5.97. The fourth-order valence-electron chi connectivity index (χ4n) is 6.44. The molecule has 1 aliphatic carbocycles. The van der Waals surface area contributed by atoms with E-state index in [9.17, 15) is 25.4 Å². The van der Waals surface area contributed by atoms with Gasteiger partial charge in [0, 0.05) is 37.5 Å². The Morgan fingerprint density at radius 1 is 0.857 bits per heavy atom. The van der Waals surface area contributed by atoms with Crippen LogP contribution < -0.4 is 5.73 Å². The van der Waals surface area contributed by atoms with Gasteiger partial charge in [-0.1, -0.05) is 66.7 Å². The average molecular weight is 563 g/mol. The molecule has 2 heterocycles. The third-order valence-corrected chi connectivity index (χ3v) is 8.72. The van der Waals surface area contributed by atoms with Crippen molar-refractivity contribution in [1.82, 2.24) is 9.80 Å². The van der Waals surface area contributed by atoms with E-state index in [2.05, 4.69) is 18.2 Å². The Hall–Kier alpha value is -5.27. The number of nitrogens with two attached hydrogens (primary N) is 1. The fraction of sp³-hybridized carbons (Fsp3) is 0.344. The predicted molar refractivity (Wildman–Crippen MR) is 150 cm³/mol. The standard InChI is InChI=1S/C32H30N6O4/c33-17-26-25-11-14-38(30(40)42-20-24-9-5-2-6-10-24)18-27(25)31(32(21-34,22-35)28(26)36)12-15-37(16-13-31)29(39)41-19-23-7-3-1-4-8-23/h1-11,27H,12-16,18-20,36H2/t27-/m1/s1. The Labute approximate surface area is 244 Å². The van der Waals surface area contributed by atoms with Gasteiger partial charge in [-0.2, -0.15) is 15.8 Å². The summed E-state index contributed by atoms with van der Waals surface area (Å²) in [5, 5.41) is 31.0. The van der Waals surface area contributed by atoms with Crippen molar-refractivity contribution < 1.29 is 19.1 Å². The third kappa shape index (κ3) is 4.80. The van der Waals surface area contributed by atoms with Crippen LogP contribution in [0, 0.1) is 50.7 Å². The number of amides is 2. The lowest BCUT2D eigenvalue weighted by molar-refractivity contribution is -0.0123. The van der Waals surface area contributed by atoms with E-state index >= 15 is 0 Å². The number of ether oxygens (including phenoxy) is 2. The Kier molecular flexibility index (Phi) is 7.86. The van der Waals surface area contributed by atoms with Gasteiger partial charge in [-0.3, -0.25) is 0 Å². The zero-order valence-electron chi connectivity index (χ0n) is 23.0. The van der Waals surface area contributed by atoms with Gasteiger partial charge in [0.15, 0.2) is 5.41 Å². The Balaban J connectivity index is 1.40. The molecule has 1 fully saturated rings. The molecule has 0 unspecified atom stereocenters. The van der Waals surface area contributed by atoms with Crippen molar-refractivity contribution in [3.8, 4) is 18.2 Å². The highest BCUT2D eigenvalue weighted by atomic mass is 16.6. The van der Waals surface area contributed by atoms with Gasteiger partial charge in [0.25, 0.3) is 0 Å². The van der Waals surface area contributed by atoms with Crippen LogP contribution >= 0.6 is 0 Å². The van der Waals surface area contributed by atoms with Gasteiger partial charge in [0.05, 0.1) is 23.4 Å². The normalized spacial score (nSPS) is 20.3. The SMILES string of the molecule is N#CC1=C(N)C(C#N)(C#N)C2(CCN(C(=O)OCc3ccccc3)CC2)[C@@H]2CN(C(=O)OCc3ccccc3)CC=C12. The minimum Gasteiger partial charge on any atom is -0.445 e. The molecule has 0 bridgehead atoms. The highest BCUT2D eigenvalue weighted by Gasteiger charge is 2.64. The number of piperidine rings is 1. The molecule has 5 rings (SSSR count). The first kappa shape index (κ1) is 28.3. The molecular formula is C32H30N6O4. The third-order valence-electron chi connectivity index (χ3n) is 8.72. The van der Waals surface area contributed by atoms with E-state index < -0.39 is 28.9 Å². The molecule has 2 N–H and O–H groups in total. The lowest BCUT2D eigenvalue weighted by atomic mass is 9.47. The van der Waals surface area contributed by atoms with Gasteiger partial charge in [0.2, 0.25) is 0 Å². The fourth-order valence-corrected chi connectivity index (χ4v) is 6.44. The summed E-state index contributed by atoms with van der Waals surface area (Å²) in [7, 11) is 0. The number of rotatable bonds is 4. The molecule has 0 aromatic heterocycles. The number of hydrogen-bond donors (Lipinski definition) is 1. The van der Waals surface area contributed by atoms with Gasteiger partial charge in [-0.15, -0.1) is 0 Å². The molecule has 2 aliphatic heterocycles. The van der Waals surface area contributed by atoms with E-state index in [1.54, 1.807) is 11.0 Å². The smallest absolute Gasteiger partial charge is 0.410 e. The summed E-state index contributed by atoms with van der Waals surface area (Å²) < 4.78 is 11.1. The largest absolute Gasteiger partial charge is 0.445 e. The van der Waals surface area contributed by atoms with Crippen LogP contribution in [0.3, 0.4) is 0 Å². The van der Waals surface area contributed by atoms with Gasteiger partial charge in [0.1, 0.15) is 19.3 Å². The van der Waals surface area contributed by atoms with E-state index in [0.717, 1.165) is 11.1 Å². The van der Waals surface area contributed by atoms with E-state index in [-0.39, 0.29) is 63.5 Å². The van der Waals surface area contributed by atoms with Gasteiger partial charge in [-0.05, 0) is 29.5 Å². The number of allylic oxidation sites excluding steroid dienone is 2. The van der Waals surface area contributed by atoms with Gasteiger partial charge < -0.3 is 25.0 Å². The number of nitriles is 3. The average Bonchev–Trinajstić information content (AvgIpc) is 3.04. The summed E-state index contributed by atoms with van der Waals surface area (Å²) in [6, 6.07) is 25.1. The summed E-state index contributed by atoms with van der Waals surface area (Å²) in [6.07, 6.45) is 1.25. The summed E-state index contributed by atoms with van der Waals surface area (Å²) in [6.45, 7) is 0.990. The first-order valence-corrected chi connectivity index (χ1v) is 13.7. The number of likely N-dealkylation sites (tertiary alicyclic amines) is 1. The monoisotopic (exact) mass is 562 g/mol. The lowest BCUT2D eigenvalue weighted by Crippen LogP contribution is -2.61. The topological polar surface area (TPSA) is 156 Å². The van der Waals surface area contributed by atoms with Crippen molar-refractivity contribution >= 4 is 12.2 Å². The molecule has 0 saturated carbocycles. The molecular weight excluding hydrogens is 532 g/mol. The molecule has 2 aromatic rings. The molecule has 10 heteroatoms. The minimum atomic E-state index is -1.82. The van der Waals surface area contributed by atoms with E-state index in [4.69, 9.17) is 15.2 Å². The Bertz CT molecular complexity index is 1530. The van der Waals surface area contributed by atoms with Crippen LogP contribution in [0.25, 0.3) is 0 Å². The highest BCUT2D eigenvalue weighted by molar-refractivity contribution is 5.70. The van der Waals surface area contributed by atoms with Crippen LogP contribution in [-0.2, 0) is 22.7 Å². The predicted octanol–water partition coefficient (Wildman–Crippen LogP) is 4.38. The maximum Gasteiger partial charge on any atom is 0.410 e. The second kappa shape index (κ2) is 11.7. The molecule has 1 saturated heterocycles. The molecule has 42 heavy (non-hydrogen) atoms. The number of hydrogen-bond acceptors (Lipinski definition) is 8. The summed E-state index contributed by atoms with van der Waals surface area (Å²) in [4.78, 5) is 29.2. The molecule has 212 valence electrons. The first-order chi connectivity index (χ1) is 20.4. The summed E-state index contributed by atoms with van der Waals surface area (Å²) >= 11 is 0. The maximum atomic E-state index is 13.1. The number of carbonyl (C=O) groups is 2. The first-order valence-electron chi connectivity index (χ1n) is 13.7. The number of benzene rings is 2. The number of carbonyl (C=O) groups excluding carboxylic acids is 2. The minimum absolute atomic E-state index is 0.0716. The van der Waals surface area contributed by atoms with Gasteiger partial charge in [-0.25, -0.2) is 9.59 Å². The lowest BCUT2D eigenvalue weighted by Gasteiger charge is -2.56. The number of nitrogens with zero attached hydrogens (tertiary/aromatic N) is 5. The van der Waals surface area contributed by atoms with E-state index in [0.29, 0.717) is 5.57 Å². The van der Waals surface area contributed by atoms with Crippen LogP contribution in [0.5, 0.6) is 0 Å². The Morgan fingerprint density at radius 2 is 1.38 bits per heavy atom. The molecule has 2 amide bonds. The van der Waals surface area contributed by atoms with Crippen LogP contribution in [0.1, 0.15) is 24.0 Å². The molecule has 0 radical (unpaired) electrons. The second-order valence-electron chi connectivity index (χ2n) is 10.7. The van der Waals surface area contributed by atoms with Crippen LogP contribution in [0.2, 0.25) is 0 Å². The molecule has 10 nitrogen and oxygen atoms in total. The van der Waals surface area contributed by atoms with Crippen molar-refractivity contribution in [1.29, 1.82) is 15.8 Å². The highest BCUT2D eigenvalue weighted by Crippen LogP contribution is 2.61. The molecule has 2 aromatic carbocycles. The van der Waals surface area contributed by atoms with E-state index in [1.165, 1.54) is 4.90 Å². The quantitative estimate of drug-likeness (QED) is 0.575. The van der Waals surface area contributed by atoms with Crippen LogP contribution in [0.4, 0.5) is 9.59 Å². The zero-order chi connectivity index (χ0) is 29.7. The maximum absolute atomic E-state index is 13.1. The number of fused-ring (bicyclic) bond motifs is 2. The van der Waals surface area contributed by atoms with Crippen LogP contribution in [0.15, 0.2) is 83.6 Å². The molecule has 1 atom stereocenters. The molecule has 3 aliphatic rings. The second-order valence-corrected chi connectivity index (χ2v) is 10.7. The van der Waals surface area contributed by atoms with Gasteiger partial charge >= 0.3 is 12.2 Å². The van der Waals surface area contributed by atoms with Crippen molar-refractivity contribution in [2.45, 2.75) is 26.1 Å². The van der Waals surface area contributed by atoms with Crippen molar-refractivity contribution in [2.75, 3.05) is 26.2 Å². The summed E-state index contributed by atoms with van der Waals surface area (Å²) in [5.74, 6) is -0.542. The van der Waals surface area contributed by atoms with Crippen molar-refractivity contribution in [3.05, 3.63) is 94.7 Å². The van der Waals surface area contributed by atoms with E-state index in [1.807, 2.05) is 60.7 Å². The van der Waals surface area contributed by atoms with Crippen LogP contribution in [-0.4, -0.2) is 48.2 Å². The Morgan fingerprint density at radius 3 is 1.88 bits per heavy atom. The zero-order valence-corrected chi connectivity index (χ0v) is 23.0. The van der Waals surface area contributed by atoms with Crippen molar-refractivity contribution in [3.63, 3.8) is 0 Å². The molecule has 1 spiro atoms. The van der Waals surface area contributed by atoms with Crippen molar-refractivity contribution in [2.24, 2.45) is 22.5 Å².